The largest absolute Gasteiger partial charge is 0.507 e. The molecule has 6 heteroatoms. The number of nitrogens with one attached hydrogen (secondary N) is 1. The lowest BCUT2D eigenvalue weighted by Gasteiger charge is -2.16. The van der Waals surface area contributed by atoms with Crippen LogP contribution in [0.2, 0.25) is 5.02 Å². The van der Waals surface area contributed by atoms with Crippen molar-refractivity contribution in [3.63, 3.8) is 0 Å². The van der Waals surface area contributed by atoms with Gasteiger partial charge in [-0.25, -0.2) is 4.79 Å². The highest BCUT2D eigenvalue weighted by Gasteiger charge is 2.22. The van der Waals surface area contributed by atoms with E-state index in [9.17, 15) is 14.7 Å². The van der Waals surface area contributed by atoms with Gasteiger partial charge in [-0.3, -0.25) is 4.79 Å². The van der Waals surface area contributed by atoms with Crippen LogP contribution in [0.5, 0.6) is 5.75 Å². The maximum absolute atomic E-state index is 12.5. The standard InChI is InChI=1S/C22H18ClNO4/c1-14(28-22(27)18-13-16(23)11-12-20(18)25)21(26)24-19-10-6-5-9-17(19)15-7-3-2-4-8-15/h2-14,25H,1H3,(H,24,26)/t14-/m1/s1. The molecule has 3 rings (SSSR count). The number of amides is 1. The molecule has 0 aliphatic heterocycles. The number of ether oxygens (including phenoxy) is 1. The molecule has 0 aliphatic rings. The molecule has 0 bridgehead atoms. The fourth-order valence-electron chi connectivity index (χ4n) is 2.65. The van der Waals surface area contributed by atoms with Crippen molar-refractivity contribution in [1.82, 2.24) is 0 Å². The van der Waals surface area contributed by atoms with Gasteiger partial charge in [-0.1, -0.05) is 60.1 Å². The van der Waals surface area contributed by atoms with Crippen LogP contribution in [0.1, 0.15) is 17.3 Å². The minimum atomic E-state index is -1.07. The molecule has 0 aliphatic carbocycles. The molecular weight excluding hydrogens is 378 g/mol. The zero-order chi connectivity index (χ0) is 20.1. The highest BCUT2D eigenvalue weighted by atomic mass is 35.5. The van der Waals surface area contributed by atoms with Crippen LogP contribution in [0.15, 0.2) is 72.8 Å². The molecule has 1 atom stereocenters. The molecule has 5 nitrogen and oxygen atoms in total. The van der Waals surface area contributed by atoms with Crippen LogP contribution in [-0.2, 0) is 9.53 Å². The van der Waals surface area contributed by atoms with E-state index in [0.29, 0.717) is 5.69 Å². The first kappa shape index (κ1) is 19.5. The average Bonchev–Trinajstić information content (AvgIpc) is 2.70. The highest BCUT2D eigenvalue weighted by molar-refractivity contribution is 6.31. The number of phenolic OH excluding ortho intramolecular Hbond substituents is 1. The molecule has 3 aromatic rings. The zero-order valence-electron chi connectivity index (χ0n) is 15.1. The third-order valence-electron chi connectivity index (χ3n) is 4.10. The molecule has 0 heterocycles. The monoisotopic (exact) mass is 395 g/mol. The van der Waals surface area contributed by atoms with Gasteiger partial charge in [0.2, 0.25) is 0 Å². The number of esters is 1. The van der Waals surface area contributed by atoms with Gasteiger partial charge in [0, 0.05) is 16.3 Å². The molecule has 0 spiro atoms. The summed E-state index contributed by atoms with van der Waals surface area (Å²) in [7, 11) is 0. The number of anilines is 1. The number of halogens is 1. The number of rotatable bonds is 5. The van der Waals surface area contributed by atoms with Crippen molar-refractivity contribution in [2.24, 2.45) is 0 Å². The molecule has 3 aromatic carbocycles. The number of phenols is 1. The lowest BCUT2D eigenvalue weighted by molar-refractivity contribution is -0.123. The molecule has 0 saturated heterocycles. The predicted octanol–water partition coefficient (Wildman–Crippen LogP) is 4.90. The maximum Gasteiger partial charge on any atom is 0.342 e. The Balaban J connectivity index is 1.73. The number of carbonyl (C=O) groups excluding carboxylic acids is 2. The SMILES string of the molecule is C[C@@H](OC(=O)c1cc(Cl)ccc1O)C(=O)Nc1ccccc1-c1ccccc1. The molecule has 142 valence electrons. The van der Waals surface area contributed by atoms with Crippen molar-refractivity contribution in [2.75, 3.05) is 5.32 Å². The Kier molecular flexibility index (Phi) is 5.96. The van der Waals surface area contributed by atoms with E-state index in [1.54, 1.807) is 6.07 Å². The maximum atomic E-state index is 12.5. The van der Waals surface area contributed by atoms with E-state index in [2.05, 4.69) is 5.32 Å². The van der Waals surface area contributed by atoms with E-state index in [-0.39, 0.29) is 16.3 Å². The van der Waals surface area contributed by atoms with Gasteiger partial charge in [0.1, 0.15) is 11.3 Å². The van der Waals surface area contributed by atoms with Gasteiger partial charge < -0.3 is 15.2 Å². The van der Waals surface area contributed by atoms with Gasteiger partial charge in [0.15, 0.2) is 6.10 Å². The minimum absolute atomic E-state index is 0.100. The lowest BCUT2D eigenvalue weighted by atomic mass is 10.0. The lowest BCUT2D eigenvalue weighted by Crippen LogP contribution is -2.30. The topological polar surface area (TPSA) is 75.6 Å². The number of hydrogen-bond donors (Lipinski definition) is 2. The van der Waals surface area contributed by atoms with Crippen LogP contribution in [-0.4, -0.2) is 23.1 Å². The quantitative estimate of drug-likeness (QED) is 0.602. The van der Waals surface area contributed by atoms with Crippen molar-refractivity contribution in [3.8, 4) is 16.9 Å². The molecule has 0 saturated carbocycles. The van der Waals surface area contributed by atoms with Crippen LogP contribution in [0.4, 0.5) is 5.69 Å². The Bertz CT molecular complexity index is 1000. The van der Waals surface area contributed by atoms with Crippen LogP contribution >= 0.6 is 11.6 Å². The van der Waals surface area contributed by atoms with E-state index >= 15 is 0 Å². The minimum Gasteiger partial charge on any atom is -0.507 e. The van der Waals surface area contributed by atoms with Crippen LogP contribution < -0.4 is 5.32 Å². The Hall–Kier alpha value is -3.31. The molecule has 0 radical (unpaired) electrons. The number of benzene rings is 3. The Morgan fingerprint density at radius 1 is 1.00 bits per heavy atom. The number of para-hydroxylation sites is 1. The van der Waals surface area contributed by atoms with Gasteiger partial charge in [-0.2, -0.15) is 0 Å². The van der Waals surface area contributed by atoms with Gasteiger partial charge in [0.05, 0.1) is 0 Å². The molecule has 2 N–H and O–H groups in total. The zero-order valence-corrected chi connectivity index (χ0v) is 15.8. The fraction of sp³-hybridized carbons (Fsp3) is 0.0909. The first-order valence-electron chi connectivity index (χ1n) is 8.60. The average molecular weight is 396 g/mol. The van der Waals surface area contributed by atoms with Crippen LogP contribution in [0, 0.1) is 0 Å². The van der Waals surface area contributed by atoms with Gasteiger partial charge >= 0.3 is 5.97 Å². The van der Waals surface area contributed by atoms with Crippen molar-refractivity contribution >= 4 is 29.2 Å². The van der Waals surface area contributed by atoms with E-state index in [0.717, 1.165) is 11.1 Å². The molecule has 1 amide bonds. The van der Waals surface area contributed by atoms with E-state index < -0.39 is 18.0 Å². The summed E-state index contributed by atoms with van der Waals surface area (Å²) in [5.74, 6) is -1.59. The first-order valence-corrected chi connectivity index (χ1v) is 8.98. The molecule has 28 heavy (non-hydrogen) atoms. The van der Waals surface area contributed by atoms with Gasteiger partial charge in [0.25, 0.3) is 5.91 Å². The van der Waals surface area contributed by atoms with Crippen molar-refractivity contribution < 1.29 is 19.4 Å². The van der Waals surface area contributed by atoms with Crippen molar-refractivity contribution in [2.45, 2.75) is 13.0 Å². The first-order chi connectivity index (χ1) is 13.5. The fourth-order valence-corrected chi connectivity index (χ4v) is 2.82. The summed E-state index contributed by atoms with van der Waals surface area (Å²) in [6, 6.07) is 21.0. The van der Waals surface area contributed by atoms with Crippen molar-refractivity contribution in [1.29, 1.82) is 0 Å². The normalized spacial score (nSPS) is 11.5. The van der Waals surface area contributed by atoms with Gasteiger partial charge in [-0.05, 0) is 36.8 Å². The highest BCUT2D eigenvalue weighted by Crippen LogP contribution is 2.28. The molecule has 0 unspecified atom stereocenters. The smallest absolute Gasteiger partial charge is 0.342 e. The predicted molar refractivity (Wildman–Crippen MR) is 109 cm³/mol. The summed E-state index contributed by atoms with van der Waals surface area (Å²) in [5.41, 5.74) is 2.30. The van der Waals surface area contributed by atoms with Crippen molar-refractivity contribution in [3.05, 3.63) is 83.4 Å². The molecule has 0 aromatic heterocycles. The number of carbonyl (C=O) groups is 2. The van der Waals surface area contributed by atoms with Crippen LogP contribution in [0.25, 0.3) is 11.1 Å². The third kappa shape index (κ3) is 4.50. The summed E-state index contributed by atoms with van der Waals surface area (Å²) in [4.78, 5) is 24.8. The summed E-state index contributed by atoms with van der Waals surface area (Å²) >= 11 is 5.84. The summed E-state index contributed by atoms with van der Waals surface area (Å²) in [6.07, 6.45) is -1.07. The van der Waals surface area contributed by atoms with E-state index in [1.165, 1.54) is 25.1 Å². The second kappa shape index (κ2) is 8.59. The van der Waals surface area contributed by atoms with E-state index in [4.69, 9.17) is 16.3 Å². The summed E-state index contributed by atoms with van der Waals surface area (Å²) < 4.78 is 5.18. The number of hydrogen-bond acceptors (Lipinski definition) is 4. The Labute approximate surface area is 167 Å². The number of aromatic hydroxyl groups is 1. The Morgan fingerprint density at radius 3 is 2.43 bits per heavy atom. The second-order valence-corrected chi connectivity index (χ2v) is 6.55. The third-order valence-corrected chi connectivity index (χ3v) is 4.34. The molecular formula is C22H18ClNO4. The van der Waals surface area contributed by atoms with E-state index in [1.807, 2.05) is 48.5 Å². The summed E-state index contributed by atoms with van der Waals surface area (Å²) in [5, 5.41) is 12.9. The summed E-state index contributed by atoms with van der Waals surface area (Å²) in [6.45, 7) is 1.46. The van der Waals surface area contributed by atoms with Crippen LogP contribution in [0.3, 0.4) is 0 Å². The Morgan fingerprint density at radius 2 is 1.68 bits per heavy atom. The van der Waals surface area contributed by atoms with Gasteiger partial charge in [-0.15, -0.1) is 0 Å². The molecule has 0 fully saturated rings. The second-order valence-electron chi connectivity index (χ2n) is 6.11.